The van der Waals surface area contributed by atoms with Crippen LogP contribution in [0.2, 0.25) is 0 Å². The SMILES string of the molecule is CCS(=O)(=O)c1ccc(C(=O)N(CCN2CCOCC2)c2nc3c(C)ccc(C)c3s2)cc1. The lowest BCUT2D eigenvalue weighted by Crippen LogP contribution is -2.43. The van der Waals surface area contributed by atoms with Crippen molar-refractivity contribution in [1.29, 1.82) is 0 Å². The average Bonchev–Trinajstić information content (AvgIpc) is 3.29. The number of fused-ring (bicyclic) bond motifs is 1. The van der Waals surface area contributed by atoms with E-state index in [9.17, 15) is 13.2 Å². The number of anilines is 1. The van der Waals surface area contributed by atoms with Gasteiger partial charge in [0, 0.05) is 31.7 Å². The Morgan fingerprint density at radius 1 is 1.09 bits per heavy atom. The van der Waals surface area contributed by atoms with Gasteiger partial charge in [-0.2, -0.15) is 0 Å². The van der Waals surface area contributed by atoms with Crippen LogP contribution in [-0.2, 0) is 14.6 Å². The monoisotopic (exact) mass is 487 g/mol. The largest absolute Gasteiger partial charge is 0.379 e. The Kier molecular flexibility index (Phi) is 7.13. The average molecular weight is 488 g/mol. The van der Waals surface area contributed by atoms with Crippen molar-refractivity contribution in [3.63, 3.8) is 0 Å². The van der Waals surface area contributed by atoms with Crippen molar-refractivity contribution in [3.05, 3.63) is 53.1 Å². The summed E-state index contributed by atoms with van der Waals surface area (Å²) in [6.07, 6.45) is 0. The molecule has 2 aromatic carbocycles. The van der Waals surface area contributed by atoms with Gasteiger partial charge in [0.15, 0.2) is 15.0 Å². The second kappa shape index (κ2) is 9.89. The quantitative estimate of drug-likeness (QED) is 0.506. The summed E-state index contributed by atoms with van der Waals surface area (Å²) in [4.78, 5) is 22.7. The number of ether oxygens (including phenoxy) is 1. The number of thiazole rings is 1. The Balaban J connectivity index is 1.67. The second-order valence-corrected chi connectivity index (χ2v) is 11.5. The van der Waals surface area contributed by atoms with Gasteiger partial charge in [-0.05, 0) is 49.2 Å². The van der Waals surface area contributed by atoms with Crippen LogP contribution in [-0.4, -0.2) is 69.4 Å². The normalized spacial score (nSPS) is 15.1. The lowest BCUT2D eigenvalue weighted by molar-refractivity contribution is 0.0391. The highest BCUT2D eigenvalue weighted by molar-refractivity contribution is 7.91. The van der Waals surface area contributed by atoms with Gasteiger partial charge in [0.05, 0.1) is 34.1 Å². The molecule has 2 heterocycles. The highest BCUT2D eigenvalue weighted by Gasteiger charge is 2.24. The molecule has 0 atom stereocenters. The van der Waals surface area contributed by atoms with Gasteiger partial charge in [-0.25, -0.2) is 13.4 Å². The van der Waals surface area contributed by atoms with Crippen LogP contribution in [0.5, 0.6) is 0 Å². The molecular weight excluding hydrogens is 458 g/mol. The fraction of sp³-hybridized carbons (Fsp3) is 0.417. The maximum atomic E-state index is 13.6. The number of hydrogen-bond donors (Lipinski definition) is 0. The summed E-state index contributed by atoms with van der Waals surface area (Å²) < 4.78 is 30.8. The predicted molar refractivity (Wildman–Crippen MR) is 132 cm³/mol. The Labute approximate surface area is 198 Å². The first-order valence-corrected chi connectivity index (χ1v) is 13.6. The van der Waals surface area contributed by atoms with Crippen LogP contribution in [0.25, 0.3) is 10.2 Å². The van der Waals surface area contributed by atoms with Gasteiger partial charge >= 0.3 is 0 Å². The van der Waals surface area contributed by atoms with Gasteiger partial charge in [-0.1, -0.05) is 30.4 Å². The number of aromatic nitrogens is 1. The highest BCUT2D eigenvalue weighted by Crippen LogP contribution is 2.33. The molecule has 1 fully saturated rings. The van der Waals surface area contributed by atoms with Crippen molar-refractivity contribution in [2.45, 2.75) is 25.7 Å². The van der Waals surface area contributed by atoms with E-state index in [1.54, 1.807) is 24.0 Å². The summed E-state index contributed by atoms with van der Waals surface area (Å²) in [6.45, 7) is 9.96. The number of sulfone groups is 1. The molecule has 0 aliphatic carbocycles. The molecule has 9 heteroatoms. The third-order valence-corrected chi connectivity index (χ3v) is 8.96. The number of benzene rings is 2. The van der Waals surface area contributed by atoms with Crippen molar-refractivity contribution in [1.82, 2.24) is 9.88 Å². The summed E-state index contributed by atoms with van der Waals surface area (Å²) in [6, 6.07) is 10.3. The zero-order valence-corrected chi connectivity index (χ0v) is 20.8. The second-order valence-electron chi connectivity index (χ2n) is 8.21. The Morgan fingerprint density at radius 2 is 1.76 bits per heavy atom. The molecule has 0 radical (unpaired) electrons. The van der Waals surface area contributed by atoms with E-state index in [1.807, 2.05) is 13.0 Å². The minimum Gasteiger partial charge on any atom is -0.379 e. The lowest BCUT2D eigenvalue weighted by Gasteiger charge is -2.29. The molecule has 0 N–H and O–H groups in total. The Hall–Kier alpha value is -2.33. The smallest absolute Gasteiger partial charge is 0.260 e. The van der Waals surface area contributed by atoms with Crippen molar-refractivity contribution in [2.24, 2.45) is 0 Å². The van der Waals surface area contributed by atoms with Gasteiger partial charge in [-0.3, -0.25) is 14.6 Å². The minimum absolute atomic E-state index is 0.0242. The van der Waals surface area contributed by atoms with Crippen LogP contribution in [0, 0.1) is 13.8 Å². The molecule has 0 unspecified atom stereocenters. The number of hydrogen-bond acceptors (Lipinski definition) is 7. The number of carbonyl (C=O) groups excluding carboxylic acids is 1. The topological polar surface area (TPSA) is 79.8 Å². The van der Waals surface area contributed by atoms with Gasteiger partial charge in [0.1, 0.15) is 0 Å². The third-order valence-electron chi connectivity index (χ3n) is 5.99. The fourth-order valence-electron chi connectivity index (χ4n) is 3.84. The molecular formula is C24H29N3O4S2. The van der Waals surface area contributed by atoms with E-state index in [1.165, 1.54) is 23.5 Å². The van der Waals surface area contributed by atoms with E-state index < -0.39 is 9.84 Å². The van der Waals surface area contributed by atoms with E-state index in [0.29, 0.717) is 37.0 Å². The molecule has 3 aromatic rings. The molecule has 1 saturated heterocycles. The molecule has 0 spiro atoms. The zero-order valence-electron chi connectivity index (χ0n) is 19.2. The first kappa shape index (κ1) is 23.8. The summed E-state index contributed by atoms with van der Waals surface area (Å²) in [5.74, 6) is -0.158. The van der Waals surface area contributed by atoms with Crippen LogP contribution in [0.4, 0.5) is 5.13 Å². The lowest BCUT2D eigenvalue weighted by atomic mass is 10.1. The molecule has 0 saturated carbocycles. The summed E-state index contributed by atoms with van der Waals surface area (Å²) in [7, 11) is -3.32. The molecule has 1 aromatic heterocycles. The van der Waals surface area contributed by atoms with Crippen LogP contribution in [0.15, 0.2) is 41.3 Å². The Morgan fingerprint density at radius 3 is 2.39 bits per heavy atom. The molecule has 176 valence electrons. The van der Waals surface area contributed by atoms with E-state index in [2.05, 4.69) is 17.9 Å². The van der Waals surface area contributed by atoms with Gasteiger partial charge < -0.3 is 4.74 Å². The number of morpholine rings is 1. The van der Waals surface area contributed by atoms with Crippen molar-refractivity contribution in [2.75, 3.05) is 50.0 Å². The number of amides is 1. The minimum atomic E-state index is -3.32. The number of aryl methyl sites for hydroxylation is 2. The first-order valence-electron chi connectivity index (χ1n) is 11.1. The van der Waals surface area contributed by atoms with Gasteiger partial charge in [0.2, 0.25) is 0 Å². The number of rotatable bonds is 7. The zero-order chi connectivity index (χ0) is 23.6. The summed E-state index contributed by atoms with van der Waals surface area (Å²) in [5.41, 5.74) is 3.57. The first-order chi connectivity index (χ1) is 15.8. The standard InChI is InChI=1S/C24H29N3O4S2/c1-4-33(29,30)20-9-7-19(8-10-20)23(28)27(12-11-26-13-15-31-16-14-26)24-25-21-17(2)5-6-18(3)22(21)32-24/h5-10H,4,11-16H2,1-3H3. The molecule has 1 amide bonds. The maximum absolute atomic E-state index is 13.6. The van der Waals surface area contributed by atoms with Crippen LogP contribution in [0.3, 0.4) is 0 Å². The molecule has 0 bridgehead atoms. The number of carbonyl (C=O) groups is 1. The van der Waals surface area contributed by atoms with Gasteiger partial charge in [-0.15, -0.1) is 0 Å². The molecule has 1 aliphatic heterocycles. The molecule has 7 nitrogen and oxygen atoms in total. The van der Waals surface area contributed by atoms with Crippen LogP contribution in [0.1, 0.15) is 28.4 Å². The third kappa shape index (κ3) is 5.11. The Bertz CT molecular complexity index is 1210. The van der Waals surface area contributed by atoms with Gasteiger partial charge in [0.25, 0.3) is 5.91 Å². The molecule has 33 heavy (non-hydrogen) atoms. The van der Waals surface area contributed by atoms with Crippen molar-refractivity contribution >= 4 is 42.4 Å². The van der Waals surface area contributed by atoms with E-state index in [0.717, 1.165) is 34.4 Å². The maximum Gasteiger partial charge on any atom is 0.260 e. The van der Waals surface area contributed by atoms with Crippen LogP contribution < -0.4 is 4.90 Å². The molecule has 1 aliphatic rings. The predicted octanol–water partition coefficient (Wildman–Crippen LogP) is 3.69. The number of nitrogens with zero attached hydrogens (tertiary/aromatic N) is 3. The summed E-state index contributed by atoms with van der Waals surface area (Å²) in [5, 5.41) is 0.658. The van der Waals surface area contributed by atoms with Crippen molar-refractivity contribution in [3.8, 4) is 0 Å². The summed E-state index contributed by atoms with van der Waals surface area (Å²) >= 11 is 1.52. The van der Waals surface area contributed by atoms with E-state index >= 15 is 0 Å². The molecule has 4 rings (SSSR count). The fourth-order valence-corrected chi connectivity index (χ4v) is 5.86. The van der Waals surface area contributed by atoms with E-state index in [4.69, 9.17) is 9.72 Å². The van der Waals surface area contributed by atoms with Crippen LogP contribution >= 0.6 is 11.3 Å². The highest BCUT2D eigenvalue weighted by atomic mass is 32.2. The van der Waals surface area contributed by atoms with E-state index in [-0.39, 0.29) is 16.6 Å². The van der Waals surface area contributed by atoms with Crippen molar-refractivity contribution < 1.29 is 17.9 Å².